The van der Waals surface area contributed by atoms with Gasteiger partial charge in [-0.1, -0.05) is 0 Å². The second-order valence-electron chi connectivity index (χ2n) is 4.45. The minimum atomic E-state index is 0.307. The molecule has 0 saturated carbocycles. The van der Waals surface area contributed by atoms with Crippen LogP contribution >= 0.6 is 0 Å². The first-order chi connectivity index (χ1) is 7.22. The van der Waals surface area contributed by atoms with Crippen LogP contribution in [0.4, 0.5) is 0 Å². The van der Waals surface area contributed by atoms with E-state index in [1.165, 1.54) is 12.8 Å². The van der Waals surface area contributed by atoms with Crippen molar-refractivity contribution in [3.05, 3.63) is 0 Å². The molecule has 0 aromatic rings. The zero-order chi connectivity index (χ0) is 11.1. The zero-order valence-electron chi connectivity index (χ0n) is 10.3. The molecule has 0 aliphatic carbocycles. The van der Waals surface area contributed by atoms with Crippen molar-refractivity contribution in [2.45, 2.75) is 58.3 Å². The molecule has 1 heterocycles. The first-order valence-corrected chi connectivity index (χ1v) is 6.19. The normalized spacial score (nSPS) is 25.4. The van der Waals surface area contributed by atoms with Gasteiger partial charge in [0.25, 0.3) is 0 Å². The van der Waals surface area contributed by atoms with Crippen LogP contribution in [0.2, 0.25) is 0 Å². The quantitative estimate of drug-likeness (QED) is 0.704. The molecular weight excluding hydrogens is 190 g/mol. The van der Waals surface area contributed by atoms with Crippen molar-refractivity contribution >= 4 is 0 Å². The fourth-order valence-corrected chi connectivity index (χ4v) is 2.02. The molecule has 1 N–H and O–H groups in total. The molecular formula is C12H25NO2. The predicted octanol–water partition coefficient (Wildman–Crippen LogP) is 1.96. The van der Waals surface area contributed by atoms with Crippen molar-refractivity contribution in [2.24, 2.45) is 0 Å². The maximum absolute atomic E-state index is 5.61. The van der Waals surface area contributed by atoms with Gasteiger partial charge in [0.2, 0.25) is 0 Å². The van der Waals surface area contributed by atoms with E-state index in [4.69, 9.17) is 9.47 Å². The fourth-order valence-electron chi connectivity index (χ4n) is 2.02. The lowest BCUT2D eigenvalue weighted by atomic mass is 10.1. The van der Waals surface area contributed by atoms with Gasteiger partial charge in [-0.3, -0.25) is 0 Å². The molecule has 1 aliphatic rings. The second kappa shape index (κ2) is 7.20. The third kappa shape index (κ3) is 5.50. The van der Waals surface area contributed by atoms with E-state index in [1.54, 1.807) is 0 Å². The molecule has 0 radical (unpaired) electrons. The van der Waals surface area contributed by atoms with Crippen LogP contribution in [0.1, 0.15) is 40.0 Å². The Morgan fingerprint density at radius 1 is 1.47 bits per heavy atom. The highest BCUT2D eigenvalue weighted by molar-refractivity contribution is 4.72. The maximum atomic E-state index is 5.61. The van der Waals surface area contributed by atoms with Crippen LogP contribution in [0.3, 0.4) is 0 Å². The number of rotatable bonds is 7. The van der Waals surface area contributed by atoms with Gasteiger partial charge in [-0.2, -0.15) is 0 Å². The van der Waals surface area contributed by atoms with Crippen LogP contribution in [-0.4, -0.2) is 38.0 Å². The third-order valence-corrected chi connectivity index (χ3v) is 2.85. The Balaban J connectivity index is 2.04. The summed E-state index contributed by atoms with van der Waals surface area (Å²) in [5, 5.41) is 3.49. The molecule has 1 rings (SSSR count). The number of hydrogen-bond acceptors (Lipinski definition) is 3. The van der Waals surface area contributed by atoms with Crippen LogP contribution in [0.15, 0.2) is 0 Å². The smallest absolute Gasteiger partial charge is 0.0671 e. The Kier molecular flexibility index (Phi) is 6.22. The lowest BCUT2D eigenvalue weighted by Gasteiger charge is -2.20. The van der Waals surface area contributed by atoms with Crippen LogP contribution in [0.5, 0.6) is 0 Å². The number of ether oxygens (including phenoxy) is 2. The van der Waals surface area contributed by atoms with Gasteiger partial charge in [-0.25, -0.2) is 0 Å². The lowest BCUT2D eigenvalue weighted by Crippen LogP contribution is -2.35. The summed E-state index contributed by atoms with van der Waals surface area (Å²) in [5.74, 6) is 0. The first kappa shape index (κ1) is 12.9. The monoisotopic (exact) mass is 215 g/mol. The van der Waals surface area contributed by atoms with Gasteiger partial charge in [0.05, 0.1) is 12.2 Å². The van der Waals surface area contributed by atoms with Crippen molar-refractivity contribution in [3.8, 4) is 0 Å². The minimum absolute atomic E-state index is 0.307. The Labute approximate surface area is 93.5 Å². The molecule has 3 nitrogen and oxygen atoms in total. The van der Waals surface area contributed by atoms with Crippen molar-refractivity contribution in [3.63, 3.8) is 0 Å². The molecule has 1 fully saturated rings. The van der Waals surface area contributed by atoms with Gasteiger partial charge in [0.15, 0.2) is 0 Å². The standard InChI is InChI=1S/C12H25NO2/c1-4-14-11(3)9-13-10(2)8-12-6-5-7-15-12/h10-13H,4-9H2,1-3H3. The molecule has 0 bridgehead atoms. The SMILES string of the molecule is CCOC(C)CNC(C)CC1CCCO1. The maximum Gasteiger partial charge on any atom is 0.0671 e. The van der Waals surface area contributed by atoms with Crippen molar-refractivity contribution in [1.29, 1.82) is 0 Å². The van der Waals surface area contributed by atoms with Crippen LogP contribution < -0.4 is 5.32 Å². The summed E-state index contributed by atoms with van der Waals surface area (Å²) >= 11 is 0. The van der Waals surface area contributed by atoms with Gasteiger partial charge >= 0.3 is 0 Å². The Morgan fingerprint density at radius 2 is 2.27 bits per heavy atom. The van der Waals surface area contributed by atoms with Crippen molar-refractivity contribution in [2.75, 3.05) is 19.8 Å². The molecule has 1 saturated heterocycles. The highest BCUT2D eigenvalue weighted by Crippen LogP contribution is 2.16. The average molecular weight is 215 g/mol. The van der Waals surface area contributed by atoms with Gasteiger partial charge in [-0.15, -0.1) is 0 Å². The van der Waals surface area contributed by atoms with E-state index in [2.05, 4.69) is 19.2 Å². The zero-order valence-corrected chi connectivity index (χ0v) is 10.3. The van der Waals surface area contributed by atoms with E-state index < -0.39 is 0 Å². The lowest BCUT2D eigenvalue weighted by molar-refractivity contribution is 0.0681. The molecule has 0 aromatic carbocycles. The van der Waals surface area contributed by atoms with Gasteiger partial charge in [0, 0.05) is 25.8 Å². The highest BCUT2D eigenvalue weighted by Gasteiger charge is 2.18. The van der Waals surface area contributed by atoms with Crippen molar-refractivity contribution in [1.82, 2.24) is 5.32 Å². The second-order valence-corrected chi connectivity index (χ2v) is 4.45. The summed E-state index contributed by atoms with van der Waals surface area (Å²) in [7, 11) is 0. The third-order valence-electron chi connectivity index (χ3n) is 2.85. The van der Waals surface area contributed by atoms with Crippen LogP contribution in [0.25, 0.3) is 0 Å². The molecule has 1 aliphatic heterocycles. The number of hydrogen-bond donors (Lipinski definition) is 1. The van der Waals surface area contributed by atoms with Crippen LogP contribution in [0, 0.1) is 0 Å². The predicted molar refractivity (Wildman–Crippen MR) is 62.1 cm³/mol. The average Bonchev–Trinajstić information content (AvgIpc) is 2.68. The molecule has 0 aromatic heterocycles. The van der Waals surface area contributed by atoms with E-state index in [1.807, 2.05) is 6.92 Å². The van der Waals surface area contributed by atoms with E-state index >= 15 is 0 Å². The molecule has 0 amide bonds. The Hall–Kier alpha value is -0.120. The van der Waals surface area contributed by atoms with E-state index in [9.17, 15) is 0 Å². The number of nitrogens with one attached hydrogen (secondary N) is 1. The summed E-state index contributed by atoms with van der Waals surface area (Å²) in [6, 6.07) is 0.524. The van der Waals surface area contributed by atoms with Crippen LogP contribution in [-0.2, 0) is 9.47 Å². The minimum Gasteiger partial charge on any atom is -0.378 e. The molecule has 3 atom stereocenters. The summed E-state index contributed by atoms with van der Waals surface area (Å²) < 4.78 is 11.1. The summed E-state index contributed by atoms with van der Waals surface area (Å²) in [6.45, 7) is 9.04. The topological polar surface area (TPSA) is 30.5 Å². The van der Waals surface area contributed by atoms with Gasteiger partial charge < -0.3 is 14.8 Å². The summed E-state index contributed by atoms with van der Waals surface area (Å²) in [6.07, 6.45) is 4.37. The molecule has 90 valence electrons. The van der Waals surface area contributed by atoms with E-state index in [0.717, 1.165) is 26.2 Å². The largest absolute Gasteiger partial charge is 0.378 e. The Morgan fingerprint density at radius 3 is 2.87 bits per heavy atom. The van der Waals surface area contributed by atoms with Gasteiger partial charge in [0.1, 0.15) is 0 Å². The molecule has 3 heteroatoms. The fraction of sp³-hybridized carbons (Fsp3) is 1.00. The summed E-state index contributed by atoms with van der Waals surface area (Å²) in [4.78, 5) is 0. The molecule has 0 spiro atoms. The molecule has 3 unspecified atom stereocenters. The van der Waals surface area contributed by atoms with Gasteiger partial charge in [-0.05, 0) is 40.0 Å². The highest BCUT2D eigenvalue weighted by atomic mass is 16.5. The molecule has 15 heavy (non-hydrogen) atoms. The van der Waals surface area contributed by atoms with E-state index in [-0.39, 0.29) is 0 Å². The Bertz CT molecular complexity index is 158. The first-order valence-electron chi connectivity index (χ1n) is 6.19. The summed E-state index contributed by atoms with van der Waals surface area (Å²) in [5.41, 5.74) is 0. The van der Waals surface area contributed by atoms with E-state index in [0.29, 0.717) is 18.2 Å². The van der Waals surface area contributed by atoms with Crippen molar-refractivity contribution < 1.29 is 9.47 Å².